The van der Waals surface area contributed by atoms with Crippen LogP contribution in [0.3, 0.4) is 0 Å². The largest absolute Gasteiger partial charge is 0.376 e. The van der Waals surface area contributed by atoms with Gasteiger partial charge in [0, 0.05) is 22.9 Å². The Hall–Kier alpha value is -1.30. The van der Waals surface area contributed by atoms with Gasteiger partial charge in [-0.05, 0) is 49.8 Å². The molecule has 1 atom stereocenters. The Morgan fingerprint density at radius 1 is 1.36 bits per heavy atom. The second kappa shape index (κ2) is 8.88. The van der Waals surface area contributed by atoms with Gasteiger partial charge in [-0.2, -0.15) is 0 Å². The summed E-state index contributed by atoms with van der Waals surface area (Å²) in [7, 11) is 0. The maximum absolute atomic E-state index is 12.9. The monoisotopic (exact) mass is 375 g/mol. The van der Waals surface area contributed by atoms with Crippen molar-refractivity contribution in [1.29, 1.82) is 0 Å². The van der Waals surface area contributed by atoms with Crippen LogP contribution >= 0.6 is 23.1 Å². The predicted octanol–water partition coefficient (Wildman–Crippen LogP) is 4.66. The van der Waals surface area contributed by atoms with Crippen molar-refractivity contribution in [1.82, 2.24) is 4.90 Å². The van der Waals surface area contributed by atoms with Crippen molar-refractivity contribution < 1.29 is 9.53 Å². The van der Waals surface area contributed by atoms with Crippen LogP contribution in [-0.4, -0.2) is 35.8 Å². The minimum absolute atomic E-state index is 0.189. The van der Waals surface area contributed by atoms with Gasteiger partial charge in [-0.3, -0.25) is 4.79 Å². The summed E-state index contributed by atoms with van der Waals surface area (Å²) in [6.07, 6.45) is 2.34. The quantitative estimate of drug-likeness (QED) is 0.659. The molecule has 0 N–H and O–H groups in total. The Morgan fingerprint density at radius 3 is 2.96 bits per heavy atom. The van der Waals surface area contributed by atoms with E-state index >= 15 is 0 Å². The van der Waals surface area contributed by atoms with Crippen LogP contribution in [-0.2, 0) is 16.1 Å². The van der Waals surface area contributed by atoms with Crippen LogP contribution in [0.1, 0.15) is 28.8 Å². The number of hydrogen-bond donors (Lipinski definition) is 0. The molecule has 2 heterocycles. The third-order valence-corrected chi connectivity index (χ3v) is 6.43. The van der Waals surface area contributed by atoms with Crippen molar-refractivity contribution >= 4 is 29.0 Å². The molecule has 0 bridgehead atoms. The van der Waals surface area contributed by atoms with Crippen molar-refractivity contribution in [3.63, 3.8) is 0 Å². The number of carbonyl (C=O) groups is 1. The highest BCUT2D eigenvalue weighted by atomic mass is 32.2. The third-order valence-electron chi connectivity index (χ3n) is 4.42. The maximum Gasteiger partial charge on any atom is 0.233 e. The van der Waals surface area contributed by atoms with E-state index in [9.17, 15) is 4.79 Å². The van der Waals surface area contributed by atoms with Crippen molar-refractivity contribution in [2.75, 3.05) is 18.9 Å². The van der Waals surface area contributed by atoms with Gasteiger partial charge >= 0.3 is 0 Å². The second-order valence-corrected chi connectivity index (χ2v) is 8.60. The minimum atomic E-state index is 0.189. The molecule has 3 nitrogen and oxygen atoms in total. The topological polar surface area (TPSA) is 29.5 Å². The molecular weight excluding hydrogens is 350 g/mol. The van der Waals surface area contributed by atoms with Crippen LogP contribution in [0, 0.1) is 13.8 Å². The molecule has 0 saturated carbocycles. The van der Waals surface area contributed by atoms with Gasteiger partial charge in [0.1, 0.15) is 0 Å². The molecule has 1 unspecified atom stereocenters. The van der Waals surface area contributed by atoms with Crippen LogP contribution < -0.4 is 0 Å². The van der Waals surface area contributed by atoms with Crippen LogP contribution in [0.15, 0.2) is 40.6 Å². The molecule has 25 heavy (non-hydrogen) atoms. The molecule has 0 aliphatic carbocycles. The Labute approximate surface area is 158 Å². The average molecular weight is 376 g/mol. The number of rotatable bonds is 7. The summed E-state index contributed by atoms with van der Waals surface area (Å²) < 4.78 is 5.75. The lowest BCUT2D eigenvalue weighted by atomic mass is 10.2. The lowest BCUT2D eigenvalue weighted by molar-refractivity contribution is -0.130. The zero-order valence-corrected chi connectivity index (χ0v) is 16.5. The fourth-order valence-corrected chi connectivity index (χ4v) is 4.72. The van der Waals surface area contributed by atoms with E-state index in [1.807, 2.05) is 11.0 Å². The van der Waals surface area contributed by atoms with Gasteiger partial charge in [0.15, 0.2) is 0 Å². The molecule has 0 spiro atoms. The smallest absolute Gasteiger partial charge is 0.233 e. The van der Waals surface area contributed by atoms with Crippen LogP contribution in [0.2, 0.25) is 0 Å². The number of carbonyl (C=O) groups excluding carboxylic acids is 1. The van der Waals surface area contributed by atoms with Gasteiger partial charge in [0.25, 0.3) is 0 Å². The molecule has 1 saturated heterocycles. The molecule has 1 aromatic heterocycles. The number of thiophene rings is 1. The summed E-state index contributed by atoms with van der Waals surface area (Å²) in [6, 6.07) is 10.5. The number of hydrogen-bond acceptors (Lipinski definition) is 4. The normalized spacial score (nSPS) is 17.0. The van der Waals surface area contributed by atoms with Crippen LogP contribution in [0.5, 0.6) is 0 Å². The van der Waals surface area contributed by atoms with Gasteiger partial charge in [-0.15, -0.1) is 23.1 Å². The fraction of sp³-hybridized carbons (Fsp3) is 0.450. The lowest BCUT2D eigenvalue weighted by Gasteiger charge is -2.25. The Kier molecular flexibility index (Phi) is 6.57. The number of benzene rings is 1. The first-order valence-corrected chi connectivity index (χ1v) is 10.6. The lowest BCUT2D eigenvalue weighted by Crippen LogP contribution is -2.37. The summed E-state index contributed by atoms with van der Waals surface area (Å²) in [5.74, 6) is 0.664. The molecule has 0 radical (unpaired) electrons. The number of amides is 1. The van der Waals surface area contributed by atoms with Crippen LogP contribution in [0.4, 0.5) is 0 Å². The number of ether oxygens (including phenoxy) is 1. The molecule has 1 fully saturated rings. The first kappa shape index (κ1) is 18.5. The number of thioether (sulfide) groups is 1. The summed E-state index contributed by atoms with van der Waals surface area (Å²) >= 11 is 3.34. The zero-order valence-electron chi connectivity index (χ0n) is 14.9. The predicted molar refractivity (Wildman–Crippen MR) is 105 cm³/mol. The summed E-state index contributed by atoms with van der Waals surface area (Å²) in [5.41, 5.74) is 2.46. The van der Waals surface area contributed by atoms with Crippen molar-refractivity contribution in [2.45, 2.75) is 44.2 Å². The summed E-state index contributed by atoms with van der Waals surface area (Å²) in [6.45, 7) is 6.39. The van der Waals surface area contributed by atoms with E-state index in [1.165, 1.54) is 20.9 Å². The van der Waals surface area contributed by atoms with E-state index < -0.39 is 0 Å². The van der Waals surface area contributed by atoms with Gasteiger partial charge in [-0.25, -0.2) is 0 Å². The molecular formula is C20H25NO2S2. The number of aryl methyl sites for hydroxylation is 2. The molecule has 3 rings (SSSR count). The Morgan fingerprint density at radius 2 is 2.24 bits per heavy atom. The standard InChI is InChI=1S/C20H25NO2S2/c1-15-7-8-16(2)19(11-15)25-14-20(22)21(12-17-5-3-9-23-17)13-18-6-4-10-24-18/h4,6-8,10-11,17H,3,5,9,12-14H2,1-2H3. The van der Waals surface area contributed by atoms with Gasteiger partial charge in [0.05, 0.1) is 18.4 Å². The van der Waals surface area contributed by atoms with Crippen molar-refractivity contribution in [3.05, 3.63) is 51.7 Å². The van der Waals surface area contributed by atoms with Crippen molar-refractivity contribution in [2.24, 2.45) is 0 Å². The first-order chi connectivity index (χ1) is 12.1. The van der Waals surface area contributed by atoms with Gasteiger partial charge in [-0.1, -0.05) is 23.8 Å². The molecule has 2 aromatic rings. The SMILES string of the molecule is Cc1ccc(C)c(SCC(=O)N(Cc2cccs2)CC2CCCO2)c1. The zero-order chi connectivity index (χ0) is 17.6. The summed E-state index contributed by atoms with van der Waals surface area (Å²) in [5, 5.41) is 2.06. The van der Waals surface area contributed by atoms with E-state index in [2.05, 4.69) is 43.5 Å². The highest BCUT2D eigenvalue weighted by Gasteiger charge is 2.23. The van der Waals surface area contributed by atoms with E-state index in [0.717, 1.165) is 19.4 Å². The minimum Gasteiger partial charge on any atom is -0.376 e. The highest BCUT2D eigenvalue weighted by molar-refractivity contribution is 8.00. The summed E-state index contributed by atoms with van der Waals surface area (Å²) in [4.78, 5) is 17.3. The second-order valence-electron chi connectivity index (χ2n) is 6.55. The molecule has 1 aliphatic rings. The van der Waals surface area contributed by atoms with E-state index in [-0.39, 0.29) is 12.0 Å². The molecule has 1 aliphatic heterocycles. The fourth-order valence-electron chi connectivity index (χ4n) is 2.97. The van der Waals surface area contributed by atoms with E-state index in [4.69, 9.17) is 4.74 Å². The van der Waals surface area contributed by atoms with Crippen molar-refractivity contribution in [3.8, 4) is 0 Å². The average Bonchev–Trinajstić information content (AvgIpc) is 3.28. The van der Waals surface area contributed by atoms with Gasteiger partial charge in [0.2, 0.25) is 5.91 Å². The molecule has 134 valence electrons. The van der Waals surface area contributed by atoms with E-state index in [1.54, 1.807) is 23.1 Å². The Balaban J connectivity index is 1.63. The molecule has 5 heteroatoms. The maximum atomic E-state index is 12.9. The highest BCUT2D eigenvalue weighted by Crippen LogP contribution is 2.25. The number of nitrogens with zero attached hydrogens (tertiary/aromatic N) is 1. The van der Waals surface area contributed by atoms with E-state index in [0.29, 0.717) is 18.8 Å². The third kappa shape index (κ3) is 5.33. The first-order valence-electron chi connectivity index (χ1n) is 8.73. The van der Waals surface area contributed by atoms with Gasteiger partial charge < -0.3 is 9.64 Å². The van der Waals surface area contributed by atoms with Crippen LogP contribution in [0.25, 0.3) is 0 Å². The molecule has 1 amide bonds. The molecule has 1 aromatic carbocycles. The Bertz CT molecular complexity index is 694.